The second-order valence-corrected chi connectivity index (χ2v) is 21.6. The summed E-state index contributed by atoms with van der Waals surface area (Å²) in [7, 11) is 0. The molecule has 3 aromatic carbocycles. The SMILES string of the molecule is CC(C)n1cnc2cc(-c3ccc4c(c3)N([C@H]3C[C@@H](N5CCCCC5)C3)C(=O)C43CCN(C(=O)c4ccc(C(=O)NCCNc5ccc6c(c5)C(=O)N(C5CCC(=O)NC5=O)C6=O)cc4)CC3)nc(Nc3ccncc3F)c21. The van der Waals surface area contributed by atoms with Crippen LogP contribution in [0.25, 0.3) is 22.3 Å². The van der Waals surface area contributed by atoms with Crippen LogP contribution in [0.1, 0.15) is 125 Å². The number of halogens is 1. The van der Waals surface area contributed by atoms with Gasteiger partial charge >= 0.3 is 0 Å². The maximum atomic E-state index is 15.2. The molecule has 3 saturated heterocycles. The Morgan fingerprint density at radius 3 is 2.32 bits per heavy atom. The minimum Gasteiger partial charge on any atom is -0.383 e. The molecule has 6 aliphatic rings. The van der Waals surface area contributed by atoms with E-state index in [0.29, 0.717) is 65.8 Å². The van der Waals surface area contributed by atoms with Gasteiger partial charge in [0.25, 0.3) is 23.6 Å². The maximum absolute atomic E-state index is 15.2. The molecule has 5 aliphatic heterocycles. The van der Waals surface area contributed by atoms with E-state index in [1.165, 1.54) is 37.6 Å². The third-order valence-corrected chi connectivity index (χ3v) is 16.7. The Bertz CT molecular complexity index is 3450. The average Bonchev–Trinajstić information content (AvgIpc) is 4.28. The first-order valence-electron chi connectivity index (χ1n) is 27.0. The van der Waals surface area contributed by atoms with Gasteiger partial charge in [-0.15, -0.1) is 0 Å². The van der Waals surface area contributed by atoms with Gasteiger partial charge in [-0.05, 0) is 138 Å². The Morgan fingerprint density at radius 1 is 0.821 bits per heavy atom. The van der Waals surface area contributed by atoms with Gasteiger partial charge in [0.1, 0.15) is 11.6 Å². The number of pyridine rings is 2. The van der Waals surface area contributed by atoms with Gasteiger partial charge in [0.2, 0.25) is 17.7 Å². The van der Waals surface area contributed by atoms with E-state index in [0.717, 1.165) is 59.4 Å². The van der Waals surface area contributed by atoms with Crippen molar-refractivity contribution in [1.82, 2.24) is 44.9 Å². The van der Waals surface area contributed by atoms with Gasteiger partial charge in [0.15, 0.2) is 11.6 Å². The third-order valence-electron chi connectivity index (χ3n) is 16.7. The summed E-state index contributed by atoms with van der Waals surface area (Å²) in [6.07, 6.45) is 10.9. The molecule has 1 spiro atoms. The number of benzene rings is 3. The molecule has 19 nitrogen and oxygen atoms in total. The number of piperidine rings is 3. The molecule has 1 aliphatic carbocycles. The van der Waals surface area contributed by atoms with Crippen molar-refractivity contribution >= 4 is 75.3 Å². The molecular formula is C58H59FN12O7. The molecule has 0 radical (unpaired) electrons. The normalized spacial score (nSPS) is 21.0. The molecule has 1 saturated carbocycles. The fraction of sp³-hybridized carbons (Fsp3) is 0.379. The van der Waals surface area contributed by atoms with Crippen LogP contribution in [0, 0.1) is 5.82 Å². The molecule has 0 bridgehead atoms. The molecule has 12 rings (SSSR count). The largest absolute Gasteiger partial charge is 0.383 e. The molecule has 1 atom stereocenters. The van der Waals surface area contributed by atoms with Crippen molar-refractivity contribution in [2.24, 2.45) is 0 Å². The van der Waals surface area contributed by atoms with E-state index in [1.807, 2.05) is 21.6 Å². The maximum Gasteiger partial charge on any atom is 0.262 e. The number of carbonyl (C=O) groups is 7. The van der Waals surface area contributed by atoms with Crippen LogP contribution < -0.4 is 26.2 Å². The van der Waals surface area contributed by atoms with Crippen molar-refractivity contribution in [3.8, 4) is 11.3 Å². The highest BCUT2D eigenvalue weighted by atomic mass is 19.1. The van der Waals surface area contributed by atoms with Crippen molar-refractivity contribution in [3.63, 3.8) is 0 Å². The fourth-order valence-electron chi connectivity index (χ4n) is 12.3. The second kappa shape index (κ2) is 20.2. The number of rotatable bonds is 13. The molecule has 7 amide bonds. The Balaban J connectivity index is 0.716. The number of imide groups is 2. The summed E-state index contributed by atoms with van der Waals surface area (Å²) in [6, 6.07) is 20.3. The van der Waals surface area contributed by atoms with Crippen molar-refractivity contribution in [3.05, 3.63) is 125 Å². The number of nitrogens with one attached hydrogen (secondary N) is 4. The van der Waals surface area contributed by atoms with Gasteiger partial charge in [-0.2, -0.15) is 0 Å². The smallest absolute Gasteiger partial charge is 0.262 e. The van der Waals surface area contributed by atoms with Crippen molar-refractivity contribution < 1.29 is 38.0 Å². The van der Waals surface area contributed by atoms with E-state index in [9.17, 15) is 28.8 Å². The first-order chi connectivity index (χ1) is 37.8. The van der Waals surface area contributed by atoms with Crippen LogP contribution in [-0.2, 0) is 19.8 Å². The number of imidazole rings is 1. The van der Waals surface area contributed by atoms with Gasteiger partial charge < -0.3 is 35.2 Å². The molecular weight excluding hydrogens is 996 g/mol. The third kappa shape index (κ3) is 8.90. The number of carbonyl (C=O) groups excluding carboxylic acids is 7. The van der Waals surface area contributed by atoms with E-state index in [4.69, 9.17) is 9.97 Å². The number of nitrogens with zero attached hydrogens (tertiary/aromatic N) is 8. The Kier molecular flexibility index (Phi) is 13.1. The molecule has 6 aromatic rings. The quantitative estimate of drug-likeness (QED) is 0.0696. The summed E-state index contributed by atoms with van der Waals surface area (Å²) in [6.45, 7) is 7.50. The molecule has 4 N–H and O–H groups in total. The van der Waals surface area contributed by atoms with E-state index in [1.54, 1.807) is 47.6 Å². The summed E-state index contributed by atoms with van der Waals surface area (Å²) in [4.78, 5) is 114. The Morgan fingerprint density at radius 2 is 1.58 bits per heavy atom. The number of fused-ring (bicyclic) bond motifs is 4. The van der Waals surface area contributed by atoms with E-state index in [-0.39, 0.29) is 72.6 Å². The first-order valence-corrected chi connectivity index (χ1v) is 27.0. The van der Waals surface area contributed by atoms with Crippen LogP contribution in [0.2, 0.25) is 0 Å². The number of hydrogen-bond donors (Lipinski definition) is 4. The lowest BCUT2D eigenvalue weighted by Gasteiger charge is -2.48. The van der Waals surface area contributed by atoms with Crippen LogP contribution in [0.3, 0.4) is 0 Å². The molecule has 1 unspecified atom stereocenters. The first kappa shape index (κ1) is 50.4. The summed E-state index contributed by atoms with van der Waals surface area (Å²) in [5.41, 5.74) is 5.73. The van der Waals surface area contributed by atoms with Crippen LogP contribution in [0.15, 0.2) is 91.5 Å². The monoisotopic (exact) mass is 1050 g/mol. The number of amides is 7. The molecule has 400 valence electrons. The molecule has 3 aromatic heterocycles. The Hall–Kier alpha value is -8.39. The summed E-state index contributed by atoms with van der Waals surface area (Å²) >= 11 is 0. The predicted octanol–water partition coefficient (Wildman–Crippen LogP) is 6.74. The van der Waals surface area contributed by atoms with Crippen LogP contribution in [0.5, 0.6) is 0 Å². The van der Waals surface area contributed by atoms with Crippen LogP contribution >= 0.6 is 0 Å². The van der Waals surface area contributed by atoms with E-state index < -0.39 is 40.9 Å². The summed E-state index contributed by atoms with van der Waals surface area (Å²) in [5.74, 6) is -2.85. The van der Waals surface area contributed by atoms with Gasteiger partial charge in [-0.1, -0.05) is 18.6 Å². The van der Waals surface area contributed by atoms with Crippen LogP contribution in [-0.4, -0.2) is 133 Å². The number of hydrogen-bond acceptors (Lipinski definition) is 13. The predicted molar refractivity (Wildman–Crippen MR) is 288 cm³/mol. The number of anilines is 4. The Labute approximate surface area is 449 Å². The highest BCUT2D eigenvalue weighted by molar-refractivity contribution is 6.24. The highest BCUT2D eigenvalue weighted by Crippen LogP contribution is 2.52. The van der Waals surface area contributed by atoms with Crippen molar-refractivity contribution in [2.75, 3.05) is 54.8 Å². The summed E-state index contributed by atoms with van der Waals surface area (Å²) in [5, 5.41) is 11.4. The zero-order chi connectivity index (χ0) is 54.0. The number of aromatic nitrogens is 4. The zero-order valence-corrected chi connectivity index (χ0v) is 43.4. The standard InChI is InChI=1S/C58H59FN12O7/c1-33(2)69-32-63-46-30-45(65-51(50(46)69)64-44-16-19-60-31-43(44)59)36-10-13-42-48(26-36)70(39-28-38(29-39)67-22-4-3-5-23-67)57(78)58(42)17-24-68(25-18-58)54(75)35-8-6-34(7-9-35)52(73)62-21-20-61-37-11-12-40-41(27-37)56(77)71(55(40)76)47-14-15-49(72)66-53(47)74/h6-13,16,19,26-27,30-33,38-39,47,61H,3-5,14-15,17-18,20-25,28-29H2,1-2H3,(H,62,73)(H,60,64,65)(H,66,72,74)/t38-,39+,47?. The highest BCUT2D eigenvalue weighted by Gasteiger charge is 2.56. The van der Waals surface area contributed by atoms with Gasteiger partial charge in [-0.25, -0.2) is 14.4 Å². The lowest BCUT2D eigenvalue weighted by atomic mass is 9.73. The van der Waals surface area contributed by atoms with E-state index in [2.05, 4.69) is 57.1 Å². The average molecular weight is 1060 g/mol. The van der Waals surface area contributed by atoms with Crippen LogP contribution in [0.4, 0.5) is 27.3 Å². The van der Waals surface area contributed by atoms with Gasteiger partial charge in [0, 0.05) is 85.0 Å². The molecule has 78 heavy (non-hydrogen) atoms. The zero-order valence-electron chi connectivity index (χ0n) is 43.4. The topological polar surface area (TPSA) is 224 Å². The lowest BCUT2D eigenvalue weighted by Crippen LogP contribution is -2.58. The van der Waals surface area contributed by atoms with Gasteiger partial charge in [0.05, 0.1) is 46.0 Å². The molecule has 20 heteroatoms. The van der Waals surface area contributed by atoms with Crippen molar-refractivity contribution in [1.29, 1.82) is 0 Å². The van der Waals surface area contributed by atoms with Gasteiger partial charge in [-0.3, -0.25) is 48.8 Å². The number of likely N-dealkylation sites (tertiary alicyclic amines) is 2. The minimum atomic E-state index is -1.06. The van der Waals surface area contributed by atoms with Crippen molar-refractivity contribution in [2.45, 2.75) is 101 Å². The fourth-order valence-corrected chi connectivity index (χ4v) is 12.3. The minimum absolute atomic E-state index is 0.0277. The second-order valence-electron chi connectivity index (χ2n) is 21.6. The molecule has 8 heterocycles. The van der Waals surface area contributed by atoms with E-state index >= 15 is 9.18 Å². The molecule has 4 fully saturated rings. The summed E-state index contributed by atoms with van der Waals surface area (Å²) < 4.78 is 17.0. The lowest BCUT2D eigenvalue weighted by molar-refractivity contribution is -0.136.